The molecule has 0 fully saturated rings. The van der Waals surface area contributed by atoms with Gasteiger partial charge in [0.2, 0.25) is 5.91 Å². The van der Waals surface area contributed by atoms with Crippen LogP contribution in [0.15, 0.2) is 24.3 Å². The molecule has 0 saturated heterocycles. The monoisotopic (exact) mass is 264 g/mol. The zero-order chi connectivity index (χ0) is 14.1. The predicted molar refractivity (Wildman–Crippen MR) is 74.4 cm³/mol. The van der Waals surface area contributed by atoms with Crippen molar-refractivity contribution in [3.8, 4) is 0 Å². The summed E-state index contributed by atoms with van der Waals surface area (Å²) in [6, 6.07) is 7.20. The molecule has 0 aliphatic rings. The summed E-state index contributed by atoms with van der Waals surface area (Å²) in [5.41, 5.74) is 1.58. The van der Waals surface area contributed by atoms with Crippen LogP contribution >= 0.6 is 0 Å². The number of anilines is 1. The highest BCUT2D eigenvalue weighted by Crippen LogP contribution is 2.09. The topological polar surface area (TPSA) is 67.4 Å². The van der Waals surface area contributed by atoms with Gasteiger partial charge < -0.3 is 15.4 Å². The molecule has 0 aromatic heterocycles. The van der Waals surface area contributed by atoms with Gasteiger partial charge in [-0.05, 0) is 31.2 Å². The van der Waals surface area contributed by atoms with Crippen molar-refractivity contribution in [3.63, 3.8) is 0 Å². The number of nitrogens with one attached hydrogen (secondary N) is 2. The van der Waals surface area contributed by atoms with Crippen molar-refractivity contribution < 1.29 is 14.3 Å². The molecule has 19 heavy (non-hydrogen) atoms. The largest absolute Gasteiger partial charge is 0.385 e. The number of ketones is 1. The summed E-state index contributed by atoms with van der Waals surface area (Å²) in [4.78, 5) is 22.5. The first-order valence-corrected chi connectivity index (χ1v) is 6.24. The van der Waals surface area contributed by atoms with Gasteiger partial charge >= 0.3 is 0 Å². The van der Waals surface area contributed by atoms with Crippen LogP contribution in [-0.4, -0.2) is 38.5 Å². The Labute approximate surface area is 113 Å². The van der Waals surface area contributed by atoms with E-state index in [1.165, 1.54) is 6.92 Å². The number of hydrogen-bond donors (Lipinski definition) is 2. The molecule has 0 bridgehead atoms. The number of amides is 1. The Morgan fingerprint density at radius 3 is 2.42 bits per heavy atom. The van der Waals surface area contributed by atoms with E-state index in [1.54, 1.807) is 19.2 Å². The van der Waals surface area contributed by atoms with E-state index >= 15 is 0 Å². The number of Topliss-reactive ketones (excluding diaryl/α,β-unsaturated/α-hetero) is 1. The second kappa shape index (κ2) is 8.26. The van der Waals surface area contributed by atoms with Crippen LogP contribution in [0.5, 0.6) is 0 Å². The maximum absolute atomic E-state index is 11.4. The molecule has 5 nitrogen and oxygen atoms in total. The Morgan fingerprint density at radius 1 is 1.16 bits per heavy atom. The maximum Gasteiger partial charge on any atom is 0.221 e. The highest BCUT2D eigenvalue weighted by Gasteiger charge is 2.01. The van der Waals surface area contributed by atoms with Gasteiger partial charge in [-0.2, -0.15) is 0 Å². The molecule has 0 heterocycles. The van der Waals surface area contributed by atoms with Gasteiger partial charge in [0.1, 0.15) is 0 Å². The molecule has 1 aromatic rings. The third kappa shape index (κ3) is 6.01. The predicted octanol–water partition coefficient (Wildman–Crippen LogP) is 1.45. The highest BCUT2D eigenvalue weighted by molar-refractivity contribution is 5.94. The van der Waals surface area contributed by atoms with E-state index in [0.717, 1.165) is 5.69 Å². The molecule has 104 valence electrons. The molecule has 1 rings (SSSR count). The Morgan fingerprint density at radius 2 is 1.84 bits per heavy atom. The van der Waals surface area contributed by atoms with Gasteiger partial charge in [0.25, 0.3) is 0 Å². The minimum absolute atomic E-state index is 0.00935. The van der Waals surface area contributed by atoms with Crippen LogP contribution in [0.3, 0.4) is 0 Å². The second-order valence-corrected chi connectivity index (χ2v) is 4.15. The Bertz CT molecular complexity index is 415. The normalized spacial score (nSPS) is 10.0. The van der Waals surface area contributed by atoms with Gasteiger partial charge in [-0.15, -0.1) is 0 Å². The van der Waals surface area contributed by atoms with Crippen LogP contribution in [-0.2, 0) is 9.53 Å². The highest BCUT2D eigenvalue weighted by atomic mass is 16.5. The lowest BCUT2D eigenvalue weighted by Gasteiger charge is -2.07. The Kier molecular flexibility index (Phi) is 6.60. The lowest BCUT2D eigenvalue weighted by atomic mass is 10.1. The third-order valence-electron chi connectivity index (χ3n) is 2.60. The number of rotatable bonds is 8. The smallest absolute Gasteiger partial charge is 0.221 e. The van der Waals surface area contributed by atoms with Crippen LogP contribution in [0.2, 0.25) is 0 Å². The average Bonchev–Trinajstić information content (AvgIpc) is 2.39. The minimum atomic E-state index is -0.00935. The standard InChI is InChI=1S/C14H20N2O3/c1-11(17)12-3-5-13(6-4-12)15-8-7-14(18)16-9-10-19-2/h3-6,15H,7-10H2,1-2H3,(H,16,18). The van der Waals surface area contributed by atoms with Gasteiger partial charge in [-0.25, -0.2) is 0 Å². The van der Waals surface area contributed by atoms with Gasteiger partial charge in [0.15, 0.2) is 5.78 Å². The first kappa shape index (κ1) is 15.2. The first-order valence-electron chi connectivity index (χ1n) is 6.24. The van der Waals surface area contributed by atoms with Gasteiger partial charge in [0, 0.05) is 37.9 Å². The number of carbonyl (C=O) groups excluding carboxylic acids is 2. The average molecular weight is 264 g/mol. The van der Waals surface area contributed by atoms with Crippen LogP contribution in [0.25, 0.3) is 0 Å². The minimum Gasteiger partial charge on any atom is -0.385 e. The van der Waals surface area contributed by atoms with Crippen molar-refractivity contribution in [2.45, 2.75) is 13.3 Å². The zero-order valence-electron chi connectivity index (χ0n) is 11.4. The summed E-state index contributed by atoms with van der Waals surface area (Å²) in [5.74, 6) is 0.0361. The fourth-order valence-corrected chi connectivity index (χ4v) is 1.52. The van der Waals surface area contributed by atoms with Crippen molar-refractivity contribution in [1.29, 1.82) is 0 Å². The zero-order valence-corrected chi connectivity index (χ0v) is 11.4. The Balaban J connectivity index is 2.25. The fraction of sp³-hybridized carbons (Fsp3) is 0.429. The molecule has 2 N–H and O–H groups in total. The number of methoxy groups -OCH3 is 1. The molecule has 0 spiro atoms. The molecule has 0 unspecified atom stereocenters. The summed E-state index contributed by atoms with van der Waals surface area (Å²) in [5, 5.41) is 5.87. The van der Waals surface area contributed by atoms with E-state index in [4.69, 9.17) is 4.74 Å². The third-order valence-corrected chi connectivity index (χ3v) is 2.60. The molecule has 0 atom stereocenters. The van der Waals surface area contributed by atoms with Gasteiger partial charge in [-0.1, -0.05) is 0 Å². The maximum atomic E-state index is 11.4. The number of hydrogen-bond acceptors (Lipinski definition) is 4. The van der Waals surface area contributed by atoms with Crippen molar-refractivity contribution in [2.75, 3.05) is 32.1 Å². The molecule has 5 heteroatoms. The van der Waals surface area contributed by atoms with E-state index in [0.29, 0.717) is 31.7 Å². The molecule has 0 aliphatic carbocycles. The van der Waals surface area contributed by atoms with Gasteiger partial charge in [0.05, 0.1) is 6.61 Å². The van der Waals surface area contributed by atoms with Crippen molar-refractivity contribution in [3.05, 3.63) is 29.8 Å². The molecule has 0 saturated carbocycles. The quantitative estimate of drug-likeness (QED) is 0.551. The number of benzene rings is 1. The lowest BCUT2D eigenvalue weighted by Crippen LogP contribution is -2.28. The number of carbonyl (C=O) groups is 2. The summed E-state index contributed by atoms with van der Waals surface area (Å²) < 4.78 is 4.84. The SMILES string of the molecule is COCCNC(=O)CCNc1ccc(C(C)=O)cc1. The van der Waals surface area contributed by atoms with E-state index in [2.05, 4.69) is 10.6 Å². The van der Waals surface area contributed by atoms with Crippen LogP contribution in [0.1, 0.15) is 23.7 Å². The lowest BCUT2D eigenvalue weighted by molar-refractivity contribution is -0.121. The second-order valence-electron chi connectivity index (χ2n) is 4.15. The van der Waals surface area contributed by atoms with E-state index < -0.39 is 0 Å². The van der Waals surface area contributed by atoms with E-state index in [-0.39, 0.29) is 11.7 Å². The molecular weight excluding hydrogens is 244 g/mol. The van der Waals surface area contributed by atoms with Crippen LogP contribution < -0.4 is 10.6 Å². The summed E-state index contributed by atoms with van der Waals surface area (Å²) in [6.45, 7) is 3.14. The molecule has 1 aromatic carbocycles. The molecular formula is C14H20N2O3. The summed E-state index contributed by atoms with van der Waals surface area (Å²) in [6.07, 6.45) is 0.401. The van der Waals surface area contributed by atoms with Crippen molar-refractivity contribution in [1.82, 2.24) is 5.32 Å². The molecule has 0 radical (unpaired) electrons. The summed E-state index contributed by atoms with van der Waals surface area (Å²) >= 11 is 0. The first-order chi connectivity index (χ1) is 9.13. The van der Waals surface area contributed by atoms with E-state index in [9.17, 15) is 9.59 Å². The number of ether oxygens (including phenoxy) is 1. The van der Waals surface area contributed by atoms with Crippen LogP contribution in [0, 0.1) is 0 Å². The molecule has 1 amide bonds. The fourth-order valence-electron chi connectivity index (χ4n) is 1.52. The van der Waals surface area contributed by atoms with Crippen LogP contribution in [0.4, 0.5) is 5.69 Å². The van der Waals surface area contributed by atoms with Crippen molar-refractivity contribution >= 4 is 17.4 Å². The summed E-state index contributed by atoms with van der Waals surface area (Å²) in [7, 11) is 1.60. The van der Waals surface area contributed by atoms with E-state index in [1.807, 2.05) is 12.1 Å². The van der Waals surface area contributed by atoms with Gasteiger partial charge in [-0.3, -0.25) is 9.59 Å². The molecule has 0 aliphatic heterocycles. The Hall–Kier alpha value is -1.88. The van der Waals surface area contributed by atoms with Crippen molar-refractivity contribution in [2.24, 2.45) is 0 Å².